The molecule has 1 saturated heterocycles. The van der Waals surface area contributed by atoms with E-state index in [0.717, 1.165) is 10.9 Å². The molecule has 1 amide bonds. The van der Waals surface area contributed by atoms with Crippen LogP contribution in [0.2, 0.25) is 0 Å². The number of aromatic nitrogens is 1. The zero-order valence-corrected chi connectivity index (χ0v) is 19.1. The van der Waals surface area contributed by atoms with Gasteiger partial charge in [-0.2, -0.15) is 0 Å². The van der Waals surface area contributed by atoms with Gasteiger partial charge in [0.05, 0.1) is 36.0 Å². The molecule has 2 aromatic carbocycles. The van der Waals surface area contributed by atoms with Crippen LogP contribution in [0.1, 0.15) is 22.9 Å². The number of methoxy groups -OCH3 is 1. The van der Waals surface area contributed by atoms with Crippen molar-refractivity contribution in [3.8, 4) is 5.75 Å². The molecule has 2 aromatic heterocycles. The summed E-state index contributed by atoms with van der Waals surface area (Å²) in [5, 5.41) is 12.1. The molecule has 1 aliphatic rings. The summed E-state index contributed by atoms with van der Waals surface area (Å²) in [6.45, 7) is 0.0881. The maximum Gasteiger partial charge on any atom is 0.296 e. The SMILES string of the molecule is COc1ccc(/C(O)=C2\C(=O)C(=O)N(Cc3ccco3)C2c2c[nH]c3ccccc23)cc1Br. The zero-order chi connectivity index (χ0) is 23.1. The van der Waals surface area contributed by atoms with E-state index in [1.807, 2.05) is 24.3 Å². The standard InChI is InChI=1S/C25H19BrN2O5/c1-32-20-9-8-14(11-18(20)26)23(29)21-22(17-12-27-19-7-3-2-6-16(17)19)28(25(31)24(21)30)13-15-5-4-10-33-15/h2-12,22,27,29H,13H2,1H3/b23-21+. The number of ether oxygens (including phenoxy) is 1. The van der Waals surface area contributed by atoms with E-state index < -0.39 is 17.7 Å². The fourth-order valence-corrected chi connectivity index (χ4v) is 4.77. The smallest absolute Gasteiger partial charge is 0.296 e. The largest absolute Gasteiger partial charge is 0.507 e. The number of carbonyl (C=O) groups is 2. The predicted molar refractivity (Wildman–Crippen MR) is 126 cm³/mol. The second-order valence-corrected chi connectivity index (χ2v) is 8.50. The second-order valence-electron chi connectivity index (χ2n) is 7.65. The van der Waals surface area contributed by atoms with E-state index in [0.29, 0.717) is 27.1 Å². The first-order chi connectivity index (χ1) is 16.0. The molecule has 0 bridgehead atoms. The van der Waals surface area contributed by atoms with Gasteiger partial charge in [0.25, 0.3) is 11.7 Å². The van der Waals surface area contributed by atoms with Gasteiger partial charge in [0.2, 0.25) is 0 Å². The van der Waals surface area contributed by atoms with Crippen LogP contribution in [-0.2, 0) is 16.1 Å². The van der Waals surface area contributed by atoms with Crippen LogP contribution in [0.5, 0.6) is 5.75 Å². The van der Waals surface area contributed by atoms with Crippen molar-refractivity contribution < 1.29 is 23.8 Å². The molecule has 4 aromatic rings. The molecule has 2 N–H and O–H groups in total. The summed E-state index contributed by atoms with van der Waals surface area (Å²) >= 11 is 3.41. The number of nitrogens with zero attached hydrogens (tertiary/aromatic N) is 1. The molecule has 0 spiro atoms. The lowest BCUT2D eigenvalue weighted by Crippen LogP contribution is -2.29. The summed E-state index contributed by atoms with van der Waals surface area (Å²) in [4.78, 5) is 31.0. The van der Waals surface area contributed by atoms with Crippen molar-refractivity contribution >= 4 is 44.3 Å². The topological polar surface area (TPSA) is 95.8 Å². The van der Waals surface area contributed by atoms with Gasteiger partial charge in [-0.05, 0) is 52.3 Å². The summed E-state index contributed by atoms with van der Waals surface area (Å²) in [7, 11) is 1.54. The first-order valence-electron chi connectivity index (χ1n) is 10.2. The average Bonchev–Trinajstić information content (AvgIpc) is 3.54. The van der Waals surface area contributed by atoms with Crippen LogP contribution in [0.3, 0.4) is 0 Å². The Labute approximate surface area is 197 Å². The molecule has 7 nitrogen and oxygen atoms in total. The van der Waals surface area contributed by atoms with Gasteiger partial charge in [0, 0.05) is 28.2 Å². The average molecular weight is 507 g/mol. The molecule has 1 unspecified atom stereocenters. The predicted octanol–water partition coefficient (Wildman–Crippen LogP) is 5.15. The van der Waals surface area contributed by atoms with Gasteiger partial charge in [0.15, 0.2) is 0 Å². The van der Waals surface area contributed by atoms with E-state index in [-0.39, 0.29) is 17.9 Å². The van der Waals surface area contributed by atoms with Crippen LogP contribution < -0.4 is 4.74 Å². The lowest BCUT2D eigenvalue weighted by atomic mass is 9.95. The number of amides is 1. The number of H-pyrrole nitrogens is 1. The Morgan fingerprint density at radius 1 is 1.18 bits per heavy atom. The molecular weight excluding hydrogens is 488 g/mol. The Morgan fingerprint density at radius 3 is 2.73 bits per heavy atom. The molecule has 1 atom stereocenters. The quantitative estimate of drug-likeness (QED) is 0.221. The van der Waals surface area contributed by atoms with Crippen molar-refractivity contribution in [3.63, 3.8) is 0 Å². The van der Waals surface area contributed by atoms with Crippen LogP contribution >= 0.6 is 15.9 Å². The number of nitrogens with one attached hydrogen (secondary N) is 1. The van der Waals surface area contributed by atoms with E-state index in [1.54, 1.807) is 36.5 Å². The number of benzene rings is 2. The molecule has 5 rings (SSSR count). The number of carbonyl (C=O) groups excluding carboxylic acids is 2. The number of hydrogen-bond acceptors (Lipinski definition) is 5. The first-order valence-corrected chi connectivity index (χ1v) is 11.0. The molecule has 1 aliphatic heterocycles. The maximum absolute atomic E-state index is 13.2. The van der Waals surface area contributed by atoms with E-state index in [4.69, 9.17) is 9.15 Å². The number of rotatable bonds is 5. The highest BCUT2D eigenvalue weighted by Gasteiger charge is 2.47. The molecular formula is C25H19BrN2O5. The highest BCUT2D eigenvalue weighted by molar-refractivity contribution is 9.10. The summed E-state index contributed by atoms with van der Waals surface area (Å²) < 4.78 is 11.3. The van der Waals surface area contributed by atoms with Crippen molar-refractivity contribution in [2.24, 2.45) is 0 Å². The lowest BCUT2D eigenvalue weighted by Gasteiger charge is -2.24. The van der Waals surface area contributed by atoms with Crippen molar-refractivity contribution in [1.82, 2.24) is 9.88 Å². The van der Waals surface area contributed by atoms with Gasteiger partial charge in [0.1, 0.15) is 17.3 Å². The number of ketones is 1. The number of aromatic amines is 1. The molecule has 166 valence electrons. The number of fused-ring (bicyclic) bond motifs is 1. The molecule has 1 fully saturated rings. The van der Waals surface area contributed by atoms with Crippen LogP contribution in [0.25, 0.3) is 16.7 Å². The Kier molecular flexibility index (Phi) is 5.30. The molecule has 0 saturated carbocycles. The monoisotopic (exact) mass is 506 g/mol. The highest BCUT2D eigenvalue weighted by atomic mass is 79.9. The zero-order valence-electron chi connectivity index (χ0n) is 17.5. The Bertz CT molecular complexity index is 1400. The van der Waals surface area contributed by atoms with Crippen LogP contribution in [0, 0.1) is 0 Å². The number of aliphatic hydroxyl groups is 1. The van der Waals surface area contributed by atoms with E-state index >= 15 is 0 Å². The van der Waals surface area contributed by atoms with Gasteiger partial charge in [-0.1, -0.05) is 18.2 Å². The van der Waals surface area contributed by atoms with Crippen molar-refractivity contribution in [2.75, 3.05) is 7.11 Å². The van der Waals surface area contributed by atoms with Crippen LogP contribution in [-0.4, -0.2) is 33.8 Å². The van der Waals surface area contributed by atoms with Gasteiger partial charge in [-0.15, -0.1) is 0 Å². The number of hydrogen-bond donors (Lipinski definition) is 2. The number of furan rings is 1. The van der Waals surface area contributed by atoms with Gasteiger partial charge < -0.3 is 24.1 Å². The highest BCUT2D eigenvalue weighted by Crippen LogP contribution is 2.43. The van der Waals surface area contributed by atoms with Gasteiger partial charge in [-0.25, -0.2) is 0 Å². The summed E-state index contributed by atoms with van der Waals surface area (Å²) in [6.07, 6.45) is 3.29. The minimum Gasteiger partial charge on any atom is -0.507 e. The normalized spacial score (nSPS) is 17.8. The minimum absolute atomic E-state index is 0.0216. The third-order valence-corrected chi connectivity index (χ3v) is 6.41. The number of aliphatic hydroxyl groups excluding tert-OH is 1. The van der Waals surface area contributed by atoms with Crippen molar-refractivity contribution in [1.29, 1.82) is 0 Å². The molecule has 8 heteroatoms. The number of para-hydroxylation sites is 1. The summed E-state index contributed by atoms with van der Waals surface area (Å²) in [5.74, 6) is -0.585. The fraction of sp³-hybridized carbons (Fsp3) is 0.120. The van der Waals surface area contributed by atoms with E-state index in [1.165, 1.54) is 18.3 Å². The van der Waals surface area contributed by atoms with Gasteiger partial charge in [-0.3, -0.25) is 9.59 Å². The summed E-state index contributed by atoms with van der Waals surface area (Å²) in [6, 6.07) is 15.3. The third-order valence-electron chi connectivity index (χ3n) is 5.79. The van der Waals surface area contributed by atoms with E-state index in [2.05, 4.69) is 20.9 Å². The maximum atomic E-state index is 13.2. The Hall–Kier alpha value is -3.78. The van der Waals surface area contributed by atoms with Gasteiger partial charge >= 0.3 is 0 Å². The molecule has 3 heterocycles. The molecule has 33 heavy (non-hydrogen) atoms. The van der Waals surface area contributed by atoms with Crippen LogP contribution in [0.4, 0.5) is 0 Å². The van der Waals surface area contributed by atoms with Crippen molar-refractivity contribution in [2.45, 2.75) is 12.6 Å². The Morgan fingerprint density at radius 2 is 2.00 bits per heavy atom. The number of halogens is 1. The molecule has 0 radical (unpaired) electrons. The minimum atomic E-state index is -0.799. The second kappa shape index (κ2) is 8.29. The van der Waals surface area contributed by atoms with Crippen LogP contribution in [0.15, 0.2) is 81.5 Å². The Balaban J connectivity index is 1.71. The number of likely N-dealkylation sites (tertiary alicyclic amines) is 1. The van der Waals surface area contributed by atoms with Crippen molar-refractivity contribution in [3.05, 3.63) is 94.0 Å². The summed E-state index contributed by atoms with van der Waals surface area (Å²) in [5.41, 5.74) is 1.99. The first kappa shape index (κ1) is 21.1. The van der Waals surface area contributed by atoms with E-state index in [9.17, 15) is 14.7 Å². The third kappa shape index (κ3) is 3.52. The lowest BCUT2D eigenvalue weighted by molar-refractivity contribution is -0.140. The molecule has 0 aliphatic carbocycles. The number of Topliss-reactive ketones (excluding diaryl/α,β-unsaturated/α-hetero) is 1. The fourth-order valence-electron chi connectivity index (χ4n) is 4.23.